The lowest BCUT2D eigenvalue weighted by Gasteiger charge is -2.15. The Bertz CT molecular complexity index is 1630. The van der Waals surface area contributed by atoms with Crippen molar-refractivity contribution < 1.29 is 18.7 Å². The number of aromatic nitrogens is 1. The van der Waals surface area contributed by atoms with Crippen molar-refractivity contribution in [2.24, 2.45) is 0 Å². The second kappa shape index (κ2) is 8.14. The predicted octanol–water partition coefficient (Wildman–Crippen LogP) is 5.10. The molecule has 0 atom stereocenters. The molecule has 0 fully saturated rings. The van der Waals surface area contributed by atoms with E-state index in [-0.39, 0.29) is 15.9 Å². The fourth-order valence-corrected chi connectivity index (χ4v) is 4.51. The molecule has 2 heterocycles. The van der Waals surface area contributed by atoms with Crippen LogP contribution in [0.2, 0.25) is 0 Å². The molecule has 33 heavy (non-hydrogen) atoms. The molecule has 0 bridgehead atoms. The minimum Gasteiger partial charge on any atom is -0.505 e. The normalized spacial score (nSPS) is 11.2. The summed E-state index contributed by atoms with van der Waals surface area (Å²) in [5, 5.41) is 11.4. The Balaban J connectivity index is 1.87. The first-order chi connectivity index (χ1) is 16.0. The number of methoxy groups -OCH3 is 1. The molecule has 0 radical (unpaired) electrons. The molecule has 164 valence electrons. The number of aromatic hydroxyl groups is 1. The zero-order chi connectivity index (χ0) is 23.1. The maximum absolute atomic E-state index is 13.7. The van der Waals surface area contributed by atoms with Crippen molar-refractivity contribution in [1.82, 2.24) is 4.57 Å². The van der Waals surface area contributed by atoms with Crippen molar-refractivity contribution in [2.45, 2.75) is 9.79 Å². The number of fused-ring (bicyclic) bond motifs is 3. The van der Waals surface area contributed by atoms with Crippen molar-refractivity contribution in [2.75, 3.05) is 7.11 Å². The minimum absolute atomic E-state index is 0.0178. The molecule has 0 aliphatic heterocycles. The van der Waals surface area contributed by atoms with Gasteiger partial charge in [0.15, 0.2) is 11.3 Å². The number of hydrogen-bond donors (Lipinski definition) is 1. The van der Waals surface area contributed by atoms with E-state index in [0.29, 0.717) is 27.2 Å². The van der Waals surface area contributed by atoms with E-state index in [2.05, 4.69) is 0 Å². The number of benzene rings is 3. The van der Waals surface area contributed by atoms with E-state index in [0.717, 1.165) is 11.8 Å². The molecule has 0 unspecified atom stereocenters. The number of nitrogens with zero attached hydrogens (tertiary/aromatic N) is 1. The van der Waals surface area contributed by atoms with E-state index in [1.165, 1.54) is 35.9 Å². The Morgan fingerprint density at radius 1 is 1.00 bits per heavy atom. The average Bonchev–Trinajstić information content (AvgIpc) is 2.83. The van der Waals surface area contributed by atoms with Gasteiger partial charge in [0.1, 0.15) is 21.8 Å². The number of ether oxygens (including phenoxy) is 1. The van der Waals surface area contributed by atoms with Crippen LogP contribution in [0.15, 0.2) is 96.6 Å². The number of pyridine rings is 1. The van der Waals surface area contributed by atoms with Crippen LogP contribution < -0.4 is 15.9 Å². The Kier molecular flexibility index (Phi) is 5.14. The molecular weight excluding hydrogens is 445 g/mol. The largest absolute Gasteiger partial charge is 0.505 e. The molecule has 1 N–H and O–H groups in total. The van der Waals surface area contributed by atoms with Gasteiger partial charge in [-0.15, -0.1) is 0 Å². The maximum atomic E-state index is 13.7. The van der Waals surface area contributed by atoms with E-state index in [9.17, 15) is 19.1 Å². The highest BCUT2D eigenvalue weighted by molar-refractivity contribution is 7.99. The molecule has 0 amide bonds. The first-order valence-corrected chi connectivity index (χ1v) is 10.7. The fourth-order valence-electron chi connectivity index (χ4n) is 3.68. The summed E-state index contributed by atoms with van der Waals surface area (Å²) in [6, 6.07) is 19.4. The summed E-state index contributed by atoms with van der Waals surface area (Å²) >= 11 is 0.895. The Morgan fingerprint density at radius 3 is 2.42 bits per heavy atom. The van der Waals surface area contributed by atoms with Crippen molar-refractivity contribution >= 4 is 33.6 Å². The second-order valence-corrected chi connectivity index (χ2v) is 8.27. The highest BCUT2D eigenvalue weighted by Gasteiger charge is 2.23. The van der Waals surface area contributed by atoms with Gasteiger partial charge < -0.3 is 14.3 Å². The van der Waals surface area contributed by atoms with Gasteiger partial charge in [-0.1, -0.05) is 30.0 Å². The van der Waals surface area contributed by atoms with Gasteiger partial charge in [0.2, 0.25) is 0 Å². The van der Waals surface area contributed by atoms with Crippen LogP contribution in [0, 0.1) is 5.82 Å². The van der Waals surface area contributed by atoms with Gasteiger partial charge in [0.25, 0.3) is 5.56 Å². The molecule has 0 saturated heterocycles. The van der Waals surface area contributed by atoms with Gasteiger partial charge in [-0.2, -0.15) is 0 Å². The minimum atomic E-state index is -0.802. The number of para-hydroxylation sites is 1. The molecule has 8 heteroatoms. The van der Waals surface area contributed by atoms with E-state index in [1.807, 2.05) is 6.07 Å². The summed E-state index contributed by atoms with van der Waals surface area (Å²) < 4.78 is 25.6. The van der Waals surface area contributed by atoms with Crippen LogP contribution in [0.1, 0.15) is 0 Å². The van der Waals surface area contributed by atoms with Crippen LogP contribution in [0.5, 0.6) is 11.5 Å². The summed E-state index contributed by atoms with van der Waals surface area (Å²) in [5.41, 5.74) is -0.348. The fraction of sp³-hybridized carbons (Fsp3) is 0.0400. The van der Waals surface area contributed by atoms with Crippen molar-refractivity contribution in [1.29, 1.82) is 0 Å². The Hall–Kier alpha value is -4.04. The van der Waals surface area contributed by atoms with Gasteiger partial charge in [0.05, 0.1) is 12.6 Å². The first kappa shape index (κ1) is 20.8. The quantitative estimate of drug-likeness (QED) is 0.375. The summed E-state index contributed by atoms with van der Waals surface area (Å²) in [7, 11) is 1.51. The highest BCUT2D eigenvalue weighted by Crippen LogP contribution is 2.38. The number of halogens is 1. The first-order valence-electron chi connectivity index (χ1n) is 9.89. The second-order valence-electron chi connectivity index (χ2n) is 7.19. The van der Waals surface area contributed by atoms with Gasteiger partial charge >= 0.3 is 5.63 Å². The highest BCUT2D eigenvalue weighted by atomic mass is 32.2. The van der Waals surface area contributed by atoms with Crippen molar-refractivity contribution in [3.05, 3.63) is 99.4 Å². The van der Waals surface area contributed by atoms with Gasteiger partial charge in [-0.05, 0) is 48.5 Å². The molecule has 0 aliphatic carbocycles. The van der Waals surface area contributed by atoms with Gasteiger partial charge in [-0.25, -0.2) is 9.18 Å². The molecule has 0 aliphatic rings. The standard InChI is InChI=1S/C25H16FNO5S/c1-31-16-9-12-18-19(13-16)27(15-5-3-2-4-6-15)24(29)20-21(28)23(25(30)32-22(18)20)33-17-10-7-14(26)8-11-17/h2-13,28H,1H3. The summed E-state index contributed by atoms with van der Waals surface area (Å²) in [5.74, 6) is -0.397. The molecule has 6 nitrogen and oxygen atoms in total. The van der Waals surface area contributed by atoms with Crippen LogP contribution in [-0.2, 0) is 0 Å². The van der Waals surface area contributed by atoms with Crippen molar-refractivity contribution in [3.63, 3.8) is 0 Å². The molecule has 0 spiro atoms. The lowest BCUT2D eigenvalue weighted by atomic mass is 10.1. The molecule has 2 aromatic heterocycles. The van der Waals surface area contributed by atoms with E-state index in [4.69, 9.17) is 9.15 Å². The van der Waals surface area contributed by atoms with Crippen LogP contribution in [0.3, 0.4) is 0 Å². The zero-order valence-electron chi connectivity index (χ0n) is 17.2. The summed E-state index contributed by atoms with van der Waals surface area (Å²) in [6.45, 7) is 0. The lowest BCUT2D eigenvalue weighted by molar-refractivity contribution is 0.415. The third-order valence-corrected chi connectivity index (χ3v) is 6.29. The topological polar surface area (TPSA) is 81.7 Å². The van der Waals surface area contributed by atoms with Gasteiger partial charge in [-0.3, -0.25) is 9.36 Å². The lowest BCUT2D eigenvalue weighted by Crippen LogP contribution is -2.20. The summed E-state index contributed by atoms with van der Waals surface area (Å²) in [4.78, 5) is 26.8. The van der Waals surface area contributed by atoms with Gasteiger partial charge in [0, 0.05) is 22.0 Å². The zero-order valence-corrected chi connectivity index (χ0v) is 18.1. The van der Waals surface area contributed by atoms with Crippen LogP contribution in [0.25, 0.3) is 27.6 Å². The smallest absolute Gasteiger partial charge is 0.354 e. The van der Waals surface area contributed by atoms with Crippen LogP contribution in [-0.4, -0.2) is 16.8 Å². The van der Waals surface area contributed by atoms with E-state index >= 15 is 0 Å². The van der Waals surface area contributed by atoms with Crippen LogP contribution >= 0.6 is 11.8 Å². The Morgan fingerprint density at radius 2 is 1.73 bits per heavy atom. The molecule has 0 saturated carbocycles. The number of rotatable bonds is 4. The average molecular weight is 461 g/mol. The van der Waals surface area contributed by atoms with Crippen LogP contribution in [0.4, 0.5) is 4.39 Å². The molecule has 3 aromatic carbocycles. The molecular formula is C25H16FNO5S. The van der Waals surface area contributed by atoms with E-state index < -0.39 is 22.8 Å². The van der Waals surface area contributed by atoms with E-state index in [1.54, 1.807) is 42.5 Å². The monoisotopic (exact) mass is 461 g/mol. The predicted molar refractivity (Wildman–Crippen MR) is 124 cm³/mol. The summed E-state index contributed by atoms with van der Waals surface area (Å²) in [6.07, 6.45) is 0. The Labute approximate surface area is 190 Å². The SMILES string of the molecule is COc1ccc2c3oc(=O)c(Sc4ccc(F)cc4)c(O)c3c(=O)n(-c3ccccc3)c2c1. The maximum Gasteiger partial charge on any atom is 0.354 e. The molecule has 5 aromatic rings. The third kappa shape index (κ3) is 3.54. The third-order valence-electron chi connectivity index (χ3n) is 5.21. The van der Waals surface area contributed by atoms with Crippen molar-refractivity contribution in [3.8, 4) is 17.2 Å². The number of hydrogen-bond acceptors (Lipinski definition) is 6. The molecule has 5 rings (SSSR count).